The van der Waals surface area contributed by atoms with E-state index in [4.69, 9.17) is 4.74 Å². The fourth-order valence-corrected chi connectivity index (χ4v) is 17.2. The minimum Gasteiger partial charge on any atom is -0.444 e. The molecule has 1 fully saturated rings. The molecule has 0 aromatic heterocycles. The SMILES string of the molecule is CC(C)C[C@@]1(NC(=O)OC(C)(C)C)CN(C([Si](C)(C)C)[Si](C)(C)C)C1=O. The predicted octanol–water partition coefficient (Wildman–Crippen LogP) is 4.26. The Bertz CT molecular complexity index is 530. The lowest BCUT2D eigenvalue weighted by Gasteiger charge is -2.58. The molecule has 0 aromatic carbocycles. The average molecular weight is 401 g/mol. The van der Waals surface area contributed by atoms with Gasteiger partial charge in [-0.2, -0.15) is 0 Å². The van der Waals surface area contributed by atoms with Crippen molar-refractivity contribution in [2.24, 2.45) is 5.92 Å². The van der Waals surface area contributed by atoms with Crippen LogP contribution in [-0.4, -0.2) is 56.0 Å². The van der Waals surface area contributed by atoms with Gasteiger partial charge >= 0.3 is 6.09 Å². The minimum absolute atomic E-state index is 0.0758. The van der Waals surface area contributed by atoms with Crippen LogP contribution in [0.5, 0.6) is 0 Å². The molecule has 0 radical (unpaired) electrons. The zero-order valence-corrected chi connectivity index (χ0v) is 20.7. The number of likely N-dealkylation sites (tertiary alicyclic amines) is 1. The highest BCUT2D eigenvalue weighted by atomic mass is 28.4. The number of carbonyl (C=O) groups is 2. The summed E-state index contributed by atoms with van der Waals surface area (Å²) in [6, 6.07) is 0. The summed E-state index contributed by atoms with van der Waals surface area (Å²) in [6.45, 7) is 24.3. The van der Waals surface area contributed by atoms with E-state index in [1.54, 1.807) is 0 Å². The van der Waals surface area contributed by atoms with Gasteiger partial charge in [-0.15, -0.1) is 0 Å². The highest BCUT2D eigenvalue weighted by molar-refractivity contribution is 6.96. The lowest BCUT2D eigenvalue weighted by Crippen LogP contribution is -2.81. The molecule has 0 saturated carbocycles. The Labute approximate surface area is 162 Å². The van der Waals surface area contributed by atoms with Gasteiger partial charge in [0.2, 0.25) is 5.91 Å². The first-order chi connectivity index (χ1) is 11.4. The Morgan fingerprint density at radius 3 is 1.92 bits per heavy atom. The Balaban J connectivity index is 3.08. The fourth-order valence-electron chi connectivity index (χ4n) is 4.55. The molecular weight excluding hydrogens is 360 g/mol. The van der Waals surface area contributed by atoms with Crippen molar-refractivity contribution in [1.29, 1.82) is 0 Å². The Kier molecular flexibility index (Phi) is 6.52. The van der Waals surface area contributed by atoms with E-state index in [1.165, 1.54) is 0 Å². The molecule has 0 aliphatic carbocycles. The van der Waals surface area contributed by atoms with Gasteiger partial charge in [-0.1, -0.05) is 53.1 Å². The van der Waals surface area contributed by atoms with Crippen LogP contribution in [0.15, 0.2) is 0 Å². The standard InChI is InChI=1S/C19H40N2O3Si2/c1-14(2)12-19(20-16(23)24-18(3,4)5)13-21(15(19)22)17(25(6,7)8)26(9,10)11/h14,17H,12-13H2,1-11H3,(H,20,23)/t19-/m1/s1. The molecule has 0 bridgehead atoms. The van der Waals surface area contributed by atoms with Crippen molar-refractivity contribution in [2.45, 2.75) is 96.7 Å². The van der Waals surface area contributed by atoms with Gasteiger partial charge in [0.1, 0.15) is 11.1 Å². The van der Waals surface area contributed by atoms with Gasteiger partial charge in [0.05, 0.1) is 22.7 Å². The third-order valence-corrected chi connectivity index (χ3v) is 13.7. The molecule has 0 unspecified atom stereocenters. The quantitative estimate of drug-likeness (QED) is 0.535. The van der Waals surface area contributed by atoms with Crippen molar-refractivity contribution in [1.82, 2.24) is 10.2 Å². The largest absolute Gasteiger partial charge is 0.444 e. The van der Waals surface area contributed by atoms with Crippen LogP contribution in [0.25, 0.3) is 0 Å². The maximum absolute atomic E-state index is 13.4. The van der Waals surface area contributed by atoms with E-state index >= 15 is 0 Å². The average Bonchev–Trinajstić information content (AvgIpc) is 2.30. The Morgan fingerprint density at radius 1 is 1.15 bits per heavy atom. The van der Waals surface area contributed by atoms with Gasteiger partial charge in [0, 0.05) is 5.29 Å². The van der Waals surface area contributed by atoms with Crippen LogP contribution >= 0.6 is 0 Å². The van der Waals surface area contributed by atoms with Gasteiger partial charge in [0.25, 0.3) is 0 Å². The van der Waals surface area contributed by atoms with Crippen molar-refractivity contribution >= 4 is 28.1 Å². The maximum atomic E-state index is 13.4. The number of β-lactam (4-membered cyclic amide) rings is 1. The summed E-state index contributed by atoms with van der Waals surface area (Å²) >= 11 is 0. The monoisotopic (exact) mass is 400 g/mol. The first-order valence-electron chi connectivity index (χ1n) is 9.71. The van der Waals surface area contributed by atoms with Crippen LogP contribution in [0.1, 0.15) is 41.0 Å². The number of ether oxygens (including phenoxy) is 1. The molecule has 1 N–H and O–H groups in total. The minimum atomic E-state index is -1.55. The molecule has 5 nitrogen and oxygen atoms in total. The lowest BCUT2D eigenvalue weighted by molar-refractivity contribution is -0.154. The third-order valence-electron chi connectivity index (χ3n) is 4.56. The van der Waals surface area contributed by atoms with Gasteiger partial charge in [0.15, 0.2) is 0 Å². The number of carbonyl (C=O) groups excluding carboxylic acids is 2. The van der Waals surface area contributed by atoms with Crippen LogP contribution < -0.4 is 5.32 Å². The number of rotatable bonds is 6. The van der Waals surface area contributed by atoms with Crippen LogP contribution in [0.4, 0.5) is 4.79 Å². The van der Waals surface area contributed by atoms with Gasteiger partial charge in [-0.3, -0.25) is 4.79 Å². The fraction of sp³-hybridized carbons (Fsp3) is 0.895. The third kappa shape index (κ3) is 5.58. The topological polar surface area (TPSA) is 58.6 Å². The van der Waals surface area contributed by atoms with Crippen molar-refractivity contribution in [3.05, 3.63) is 0 Å². The molecule has 1 atom stereocenters. The molecule has 26 heavy (non-hydrogen) atoms. The number of hydrogen-bond donors (Lipinski definition) is 1. The number of amides is 2. The van der Waals surface area contributed by atoms with Crippen LogP contribution in [0.2, 0.25) is 39.3 Å². The summed E-state index contributed by atoms with van der Waals surface area (Å²) in [6.07, 6.45) is 0.148. The van der Waals surface area contributed by atoms with E-state index in [0.29, 0.717) is 24.2 Å². The maximum Gasteiger partial charge on any atom is 0.408 e. The molecule has 1 rings (SSSR count). The molecule has 1 aliphatic heterocycles. The first-order valence-corrected chi connectivity index (χ1v) is 16.9. The van der Waals surface area contributed by atoms with E-state index in [-0.39, 0.29) is 5.91 Å². The lowest BCUT2D eigenvalue weighted by atomic mass is 9.81. The summed E-state index contributed by atoms with van der Waals surface area (Å²) in [7, 11) is -3.11. The summed E-state index contributed by atoms with van der Waals surface area (Å²) in [5, 5.41) is 3.30. The summed E-state index contributed by atoms with van der Waals surface area (Å²) in [4.78, 5) is 27.8. The van der Waals surface area contributed by atoms with Crippen LogP contribution in [0, 0.1) is 5.92 Å². The van der Waals surface area contributed by atoms with E-state index in [2.05, 4.69) is 63.3 Å². The van der Waals surface area contributed by atoms with Crippen molar-refractivity contribution < 1.29 is 14.3 Å². The first kappa shape index (κ1) is 23.2. The van der Waals surface area contributed by atoms with Crippen molar-refractivity contribution in [2.75, 3.05) is 6.54 Å². The second-order valence-corrected chi connectivity index (χ2v) is 22.5. The zero-order valence-electron chi connectivity index (χ0n) is 18.7. The Hall–Kier alpha value is -0.826. The molecule has 0 aromatic rings. The zero-order chi connectivity index (χ0) is 20.7. The second kappa shape index (κ2) is 7.30. The van der Waals surface area contributed by atoms with E-state index < -0.39 is 33.4 Å². The number of nitrogens with one attached hydrogen (secondary N) is 1. The molecule has 1 saturated heterocycles. The summed E-state index contributed by atoms with van der Waals surface area (Å²) in [5.74, 6) is 0.389. The number of alkyl carbamates (subject to hydrolysis) is 1. The van der Waals surface area contributed by atoms with Gasteiger partial charge in [-0.25, -0.2) is 4.79 Å². The Morgan fingerprint density at radius 2 is 1.62 bits per heavy atom. The normalized spacial score (nSPS) is 21.9. The van der Waals surface area contributed by atoms with Gasteiger partial charge < -0.3 is 15.0 Å². The predicted molar refractivity (Wildman–Crippen MR) is 114 cm³/mol. The molecule has 2 amide bonds. The number of nitrogens with zero attached hydrogens (tertiary/aromatic N) is 1. The molecule has 1 aliphatic rings. The second-order valence-electron chi connectivity index (χ2n) is 11.4. The molecule has 152 valence electrons. The molecular formula is C19H40N2O3Si2. The van der Waals surface area contributed by atoms with Crippen LogP contribution in [-0.2, 0) is 9.53 Å². The summed E-state index contributed by atoms with van der Waals surface area (Å²) in [5.41, 5.74) is -1.39. The number of hydrogen-bond acceptors (Lipinski definition) is 3. The molecule has 1 heterocycles. The smallest absolute Gasteiger partial charge is 0.408 e. The summed E-state index contributed by atoms with van der Waals surface area (Å²) < 4.78 is 5.43. The van der Waals surface area contributed by atoms with Crippen LogP contribution in [0.3, 0.4) is 0 Å². The van der Waals surface area contributed by atoms with Crippen molar-refractivity contribution in [3.8, 4) is 0 Å². The highest BCUT2D eigenvalue weighted by Crippen LogP contribution is 2.37. The molecule has 7 heteroatoms. The van der Waals surface area contributed by atoms with E-state index in [1.807, 2.05) is 20.8 Å². The van der Waals surface area contributed by atoms with Gasteiger partial charge in [-0.05, 0) is 33.1 Å². The van der Waals surface area contributed by atoms with E-state index in [0.717, 1.165) is 0 Å². The van der Waals surface area contributed by atoms with E-state index in [9.17, 15) is 9.59 Å². The highest BCUT2D eigenvalue weighted by Gasteiger charge is 2.59. The molecule has 0 spiro atoms. The van der Waals surface area contributed by atoms with Crippen molar-refractivity contribution in [3.63, 3.8) is 0 Å².